The summed E-state index contributed by atoms with van der Waals surface area (Å²) in [5.74, 6) is 0.595. The zero-order valence-corrected chi connectivity index (χ0v) is 16.9. The molecule has 150 valence electrons. The number of amides is 3. The molecular weight excluding hydrogens is 358 g/mol. The number of urea groups is 1. The first-order chi connectivity index (χ1) is 13.4. The van der Waals surface area contributed by atoms with E-state index in [2.05, 4.69) is 36.9 Å². The molecule has 2 saturated heterocycles. The van der Waals surface area contributed by atoms with Crippen molar-refractivity contribution in [3.63, 3.8) is 0 Å². The highest BCUT2D eigenvalue weighted by molar-refractivity contribution is 6.08. The molecule has 8 nitrogen and oxygen atoms in total. The SMILES string of the molecule is CCOCCN1C(=O)C2C(N=C3N(c4cc(C)ccc4C)CCN32)N(C)C1=O. The number of carbonyl (C=O) groups is 2. The van der Waals surface area contributed by atoms with E-state index in [0.29, 0.717) is 19.8 Å². The van der Waals surface area contributed by atoms with E-state index >= 15 is 0 Å². The molecular formula is C20H27N5O3. The Morgan fingerprint density at radius 2 is 2.00 bits per heavy atom. The van der Waals surface area contributed by atoms with E-state index in [-0.39, 0.29) is 18.5 Å². The Labute approximate surface area is 165 Å². The first-order valence-corrected chi connectivity index (χ1v) is 9.79. The van der Waals surface area contributed by atoms with Gasteiger partial charge in [-0.1, -0.05) is 12.1 Å². The third-order valence-corrected chi connectivity index (χ3v) is 5.70. The van der Waals surface area contributed by atoms with Crippen LogP contribution in [-0.2, 0) is 9.53 Å². The van der Waals surface area contributed by atoms with E-state index in [1.165, 1.54) is 16.0 Å². The van der Waals surface area contributed by atoms with Crippen molar-refractivity contribution >= 4 is 23.6 Å². The van der Waals surface area contributed by atoms with Crippen molar-refractivity contribution in [2.75, 3.05) is 44.8 Å². The smallest absolute Gasteiger partial charge is 0.328 e. The average Bonchev–Trinajstić information content (AvgIpc) is 3.24. The number of guanidine groups is 1. The van der Waals surface area contributed by atoms with Gasteiger partial charge in [-0.2, -0.15) is 0 Å². The number of ether oxygens (including phenoxy) is 1. The zero-order chi connectivity index (χ0) is 20.0. The van der Waals surface area contributed by atoms with Crippen molar-refractivity contribution in [3.05, 3.63) is 29.3 Å². The van der Waals surface area contributed by atoms with E-state index < -0.39 is 12.2 Å². The lowest BCUT2D eigenvalue weighted by molar-refractivity contribution is -0.138. The monoisotopic (exact) mass is 385 g/mol. The van der Waals surface area contributed by atoms with E-state index in [0.717, 1.165) is 18.2 Å². The van der Waals surface area contributed by atoms with Crippen LogP contribution in [-0.4, -0.2) is 84.7 Å². The second-order valence-corrected chi connectivity index (χ2v) is 7.50. The van der Waals surface area contributed by atoms with E-state index in [1.807, 2.05) is 11.8 Å². The second kappa shape index (κ2) is 7.09. The highest BCUT2D eigenvalue weighted by Crippen LogP contribution is 2.34. The molecule has 0 bridgehead atoms. The van der Waals surface area contributed by atoms with Crippen molar-refractivity contribution in [1.82, 2.24) is 14.7 Å². The fourth-order valence-corrected chi connectivity index (χ4v) is 4.18. The minimum Gasteiger partial charge on any atom is -0.380 e. The Morgan fingerprint density at radius 3 is 2.75 bits per heavy atom. The standard InChI is InChI=1S/C20H27N5O3/c1-5-28-11-10-25-18(26)16-17(22(4)20(25)27)21-19-23(8-9-24(16)19)15-12-13(2)6-7-14(15)3/h6-7,12,16-17H,5,8-11H2,1-4H3. The van der Waals surface area contributed by atoms with Crippen molar-refractivity contribution in [2.24, 2.45) is 4.99 Å². The normalized spacial score (nSPS) is 24.1. The molecule has 2 fully saturated rings. The summed E-state index contributed by atoms with van der Waals surface area (Å²) in [6, 6.07) is 5.57. The molecule has 8 heteroatoms. The number of imide groups is 1. The molecule has 3 amide bonds. The van der Waals surface area contributed by atoms with Crippen LogP contribution in [0.4, 0.5) is 10.5 Å². The fraction of sp³-hybridized carbons (Fsp3) is 0.550. The van der Waals surface area contributed by atoms with Gasteiger partial charge in [0.1, 0.15) is 0 Å². The van der Waals surface area contributed by atoms with E-state index in [4.69, 9.17) is 9.73 Å². The molecule has 0 N–H and O–H groups in total. The minimum atomic E-state index is -0.480. The van der Waals surface area contributed by atoms with Crippen LogP contribution in [0.5, 0.6) is 0 Å². The lowest BCUT2D eigenvalue weighted by atomic mass is 10.1. The third-order valence-electron chi connectivity index (χ3n) is 5.70. The van der Waals surface area contributed by atoms with Crippen LogP contribution in [0.3, 0.4) is 0 Å². The Hall–Kier alpha value is -2.61. The molecule has 28 heavy (non-hydrogen) atoms. The topological polar surface area (TPSA) is 68.7 Å². The number of aryl methyl sites for hydroxylation is 2. The third kappa shape index (κ3) is 2.83. The first-order valence-electron chi connectivity index (χ1n) is 9.79. The molecule has 0 saturated carbocycles. The number of anilines is 1. The zero-order valence-electron chi connectivity index (χ0n) is 16.9. The lowest BCUT2D eigenvalue weighted by Gasteiger charge is -2.40. The summed E-state index contributed by atoms with van der Waals surface area (Å²) in [5, 5.41) is 0. The van der Waals surface area contributed by atoms with Crippen molar-refractivity contribution in [3.8, 4) is 0 Å². The highest BCUT2D eigenvalue weighted by Gasteiger charge is 2.54. The minimum absolute atomic E-state index is 0.186. The maximum absolute atomic E-state index is 13.2. The molecule has 2 atom stereocenters. The maximum atomic E-state index is 13.2. The average molecular weight is 385 g/mol. The number of likely N-dealkylation sites (N-methyl/N-ethyl adjacent to an activating group) is 1. The highest BCUT2D eigenvalue weighted by atomic mass is 16.5. The van der Waals surface area contributed by atoms with Crippen molar-refractivity contribution < 1.29 is 14.3 Å². The van der Waals surface area contributed by atoms with E-state index in [1.54, 1.807) is 11.9 Å². The number of aliphatic imine (C=N–C) groups is 1. The van der Waals surface area contributed by atoms with Crippen molar-refractivity contribution in [1.29, 1.82) is 0 Å². The Kier molecular flexibility index (Phi) is 4.74. The molecule has 3 heterocycles. The molecule has 0 spiro atoms. The van der Waals surface area contributed by atoms with Crippen molar-refractivity contribution in [2.45, 2.75) is 33.0 Å². The van der Waals surface area contributed by atoms with Gasteiger partial charge in [0.2, 0.25) is 5.96 Å². The van der Waals surface area contributed by atoms with Gasteiger partial charge in [-0.15, -0.1) is 0 Å². The molecule has 1 aromatic rings. The van der Waals surface area contributed by atoms with Crippen LogP contribution in [0.1, 0.15) is 18.1 Å². The fourth-order valence-electron chi connectivity index (χ4n) is 4.18. The Morgan fingerprint density at radius 1 is 1.21 bits per heavy atom. The maximum Gasteiger partial charge on any atom is 0.328 e. The number of benzene rings is 1. The number of carbonyl (C=O) groups excluding carboxylic acids is 2. The molecule has 0 aliphatic carbocycles. The van der Waals surface area contributed by atoms with Crippen LogP contribution in [0.15, 0.2) is 23.2 Å². The van der Waals surface area contributed by atoms with Gasteiger partial charge in [0.25, 0.3) is 5.91 Å². The summed E-state index contributed by atoms with van der Waals surface area (Å²) < 4.78 is 5.35. The molecule has 3 aliphatic heterocycles. The summed E-state index contributed by atoms with van der Waals surface area (Å²) in [7, 11) is 1.72. The molecule has 4 rings (SSSR count). The number of nitrogens with zero attached hydrogens (tertiary/aromatic N) is 5. The van der Waals surface area contributed by atoms with Crippen LogP contribution in [0.2, 0.25) is 0 Å². The van der Waals surface area contributed by atoms with Gasteiger partial charge in [0, 0.05) is 32.4 Å². The van der Waals surface area contributed by atoms with Crippen LogP contribution in [0, 0.1) is 13.8 Å². The largest absolute Gasteiger partial charge is 0.380 e. The molecule has 2 unspecified atom stereocenters. The summed E-state index contributed by atoms with van der Waals surface area (Å²) in [6.45, 7) is 8.70. The predicted molar refractivity (Wildman–Crippen MR) is 106 cm³/mol. The van der Waals surface area contributed by atoms with Gasteiger partial charge in [0.15, 0.2) is 12.2 Å². The summed E-state index contributed by atoms with van der Waals surface area (Å²) >= 11 is 0. The second-order valence-electron chi connectivity index (χ2n) is 7.50. The molecule has 0 radical (unpaired) electrons. The Bertz CT molecular complexity index is 839. The predicted octanol–water partition coefficient (Wildman–Crippen LogP) is 1.42. The number of hydrogen-bond donors (Lipinski definition) is 0. The van der Waals surface area contributed by atoms with Crippen LogP contribution >= 0.6 is 0 Å². The van der Waals surface area contributed by atoms with Crippen LogP contribution in [0.25, 0.3) is 0 Å². The quantitative estimate of drug-likeness (QED) is 0.717. The summed E-state index contributed by atoms with van der Waals surface area (Å²) in [5.41, 5.74) is 3.45. The van der Waals surface area contributed by atoms with Gasteiger partial charge in [0.05, 0.1) is 13.2 Å². The Balaban J connectivity index is 1.62. The number of rotatable bonds is 5. The summed E-state index contributed by atoms with van der Waals surface area (Å²) in [4.78, 5) is 37.8. The number of fused-ring (bicyclic) bond motifs is 3. The van der Waals surface area contributed by atoms with Gasteiger partial charge in [-0.25, -0.2) is 9.79 Å². The first kappa shape index (κ1) is 18.7. The van der Waals surface area contributed by atoms with Gasteiger partial charge in [-0.3, -0.25) is 9.69 Å². The number of hydrogen-bond acceptors (Lipinski definition) is 6. The van der Waals surface area contributed by atoms with Crippen LogP contribution < -0.4 is 4.90 Å². The van der Waals surface area contributed by atoms with E-state index in [9.17, 15) is 9.59 Å². The lowest BCUT2D eigenvalue weighted by Crippen LogP contribution is -2.65. The van der Waals surface area contributed by atoms with Gasteiger partial charge >= 0.3 is 6.03 Å². The summed E-state index contributed by atoms with van der Waals surface area (Å²) in [6.07, 6.45) is -0.480. The van der Waals surface area contributed by atoms with Gasteiger partial charge in [-0.05, 0) is 38.0 Å². The molecule has 3 aliphatic rings. The van der Waals surface area contributed by atoms with Gasteiger partial charge < -0.3 is 19.4 Å². The molecule has 1 aromatic carbocycles. The molecule has 0 aromatic heterocycles.